The van der Waals surface area contributed by atoms with Crippen molar-refractivity contribution in [2.45, 2.75) is 45.0 Å². The molecule has 0 saturated heterocycles. The van der Waals surface area contributed by atoms with Gasteiger partial charge in [-0.25, -0.2) is 8.78 Å². The van der Waals surface area contributed by atoms with E-state index in [9.17, 15) is 8.78 Å². The lowest BCUT2D eigenvalue weighted by Gasteiger charge is -2.19. The maximum Gasteiger partial charge on any atom is 0.256 e. The van der Waals surface area contributed by atoms with Crippen LogP contribution in [0.25, 0.3) is 0 Å². The Balaban J connectivity index is 2.39. The molecule has 1 aliphatic carbocycles. The average Bonchev–Trinajstić information content (AvgIpc) is 2.34. The lowest BCUT2D eigenvalue weighted by Crippen LogP contribution is -2.14. The topological polar surface area (TPSA) is 0 Å². The van der Waals surface area contributed by atoms with Crippen LogP contribution in [0.5, 0.6) is 0 Å². The van der Waals surface area contributed by atoms with Crippen molar-refractivity contribution in [2.75, 3.05) is 0 Å². The standard InChI is InChI=1S/C13H16F2/c1-12(2,3)11-5-4-9-7-13(14,15)8-10(9)6-11/h4-6H,7-8H2,1-3H3. The minimum absolute atomic E-state index is 0.0346. The Morgan fingerprint density at radius 1 is 1.07 bits per heavy atom. The van der Waals surface area contributed by atoms with E-state index < -0.39 is 5.92 Å². The SMILES string of the molecule is CC(C)(C)c1ccc2c(c1)CC(F)(F)C2. The number of alkyl halides is 2. The van der Waals surface area contributed by atoms with E-state index in [0.717, 1.165) is 16.7 Å². The van der Waals surface area contributed by atoms with Gasteiger partial charge in [0.2, 0.25) is 0 Å². The Hall–Kier alpha value is -0.920. The van der Waals surface area contributed by atoms with Gasteiger partial charge in [-0.1, -0.05) is 39.0 Å². The molecule has 0 aromatic heterocycles. The molecule has 0 unspecified atom stereocenters. The number of halogens is 2. The maximum absolute atomic E-state index is 13.2. The van der Waals surface area contributed by atoms with Gasteiger partial charge in [0.05, 0.1) is 0 Å². The summed E-state index contributed by atoms with van der Waals surface area (Å²) in [7, 11) is 0. The molecule has 2 rings (SSSR count). The normalized spacial score (nSPS) is 19.0. The fourth-order valence-electron chi connectivity index (χ4n) is 2.05. The van der Waals surface area contributed by atoms with E-state index in [2.05, 4.69) is 20.8 Å². The van der Waals surface area contributed by atoms with Gasteiger partial charge in [-0.2, -0.15) is 0 Å². The van der Waals surface area contributed by atoms with Gasteiger partial charge < -0.3 is 0 Å². The van der Waals surface area contributed by atoms with E-state index in [1.54, 1.807) is 0 Å². The lowest BCUT2D eigenvalue weighted by molar-refractivity contribution is 0.0130. The molecule has 2 heteroatoms. The summed E-state index contributed by atoms with van der Waals surface area (Å²) in [4.78, 5) is 0. The predicted octanol–water partition coefficient (Wildman–Crippen LogP) is 3.72. The van der Waals surface area contributed by atoms with Crippen LogP contribution in [0.15, 0.2) is 18.2 Å². The summed E-state index contributed by atoms with van der Waals surface area (Å²) in [6.07, 6.45) is -0.182. The summed E-state index contributed by atoms with van der Waals surface area (Å²) in [5.41, 5.74) is 2.81. The molecule has 0 fully saturated rings. The van der Waals surface area contributed by atoms with Crippen LogP contribution in [-0.4, -0.2) is 5.92 Å². The second-order valence-electron chi connectivity index (χ2n) is 5.44. The van der Waals surface area contributed by atoms with Crippen LogP contribution in [0, 0.1) is 0 Å². The number of hydrogen-bond acceptors (Lipinski definition) is 0. The van der Waals surface area contributed by atoms with Gasteiger partial charge in [0, 0.05) is 12.8 Å². The zero-order valence-electron chi connectivity index (χ0n) is 9.40. The Bertz CT molecular complexity index is 386. The molecule has 0 N–H and O–H groups in total. The molecule has 1 aromatic carbocycles. The molecule has 0 atom stereocenters. The van der Waals surface area contributed by atoms with Gasteiger partial charge in [-0.15, -0.1) is 0 Å². The minimum atomic E-state index is -2.53. The van der Waals surface area contributed by atoms with Crippen LogP contribution in [-0.2, 0) is 18.3 Å². The fourth-order valence-corrected chi connectivity index (χ4v) is 2.05. The average molecular weight is 210 g/mol. The summed E-state index contributed by atoms with van der Waals surface area (Å²) in [6.45, 7) is 6.30. The van der Waals surface area contributed by atoms with Crippen molar-refractivity contribution < 1.29 is 8.78 Å². The molecular weight excluding hydrogens is 194 g/mol. The van der Waals surface area contributed by atoms with Crippen LogP contribution in [0.4, 0.5) is 8.78 Å². The Morgan fingerprint density at radius 3 is 2.27 bits per heavy atom. The highest BCUT2D eigenvalue weighted by atomic mass is 19.3. The molecule has 0 radical (unpaired) electrons. The largest absolute Gasteiger partial charge is 0.256 e. The Kier molecular flexibility index (Phi) is 2.14. The summed E-state index contributed by atoms with van der Waals surface area (Å²) in [5, 5.41) is 0. The third-order valence-electron chi connectivity index (χ3n) is 2.97. The first-order valence-electron chi connectivity index (χ1n) is 5.28. The zero-order valence-corrected chi connectivity index (χ0v) is 9.40. The van der Waals surface area contributed by atoms with E-state index in [-0.39, 0.29) is 18.3 Å². The number of rotatable bonds is 0. The van der Waals surface area contributed by atoms with Crippen LogP contribution in [0.2, 0.25) is 0 Å². The number of benzene rings is 1. The predicted molar refractivity (Wildman–Crippen MR) is 57.5 cm³/mol. The van der Waals surface area contributed by atoms with Gasteiger partial charge in [-0.3, -0.25) is 0 Å². The highest BCUT2D eigenvalue weighted by Crippen LogP contribution is 2.36. The smallest absolute Gasteiger partial charge is 0.206 e. The molecule has 15 heavy (non-hydrogen) atoms. The summed E-state index contributed by atoms with van der Waals surface area (Å²) < 4.78 is 26.3. The molecule has 82 valence electrons. The molecule has 0 aliphatic heterocycles. The van der Waals surface area contributed by atoms with E-state index in [1.165, 1.54) is 0 Å². The molecular formula is C13H16F2. The first-order valence-corrected chi connectivity index (χ1v) is 5.28. The van der Waals surface area contributed by atoms with Crippen molar-refractivity contribution in [3.05, 3.63) is 34.9 Å². The summed E-state index contributed by atoms with van der Waals surface area (Å²) in [5.74, 6) is -2.53. The van der Waals surface area contributed by atoms with E-state index in [0.29, 0.717) is 0 Å². The van der Waals surface area contributed by atoms with E-state index >= 15 is 0 Å². The van der Waals surface area contributed by atoms with Crippen molar-refractivity contribution in [3.8, 4) is 0 Å². The number of fused-ring (bicyclic) bond motifs is 1. The van der Waals surface area contributed by atoms with Gasteiger partial charge in [0.15, 0.2) is 0 Å². The van der Waals surface area contributed by atoms with Gasteiger partial charge in [0.1, 0.15) is 0 Å². The second kappa shape index (κ2) is 3.03. The molecule has 0 bridgehead atoms. The first kappa shape index (κ1) is 10.6. The number of hydrogen-bond donors (Lipinski definition) is 0. The van der Waals surface area contributed by atoms with Crippen molar-refractivity contribution in [1.29, 1.82) is 0 Å². The Labute approximate surface area is 89.3 Å². The van der Waals surface area contributed by atoms with E-state index in [4.69, 9.17) is 0 Å². The van der Waals surface area contributed by atoms with Crippen LogP contribution < -0.4 is 0 Å². The van der Waals surface area contributed by atoms with Crippen molar-refractivity contribution >= 4 is 0 Å². The molecule has 1 aromatic rings. The second-order valence-corrected chi connectivity index (χ2v) is 5.44. The Morgan fingerprint density at radius 2 is 1.67 bits per heavy atom. The van der Waals surface area contributed by atoms with Crippen molar-refractivity contribution in [2.24, 2.45) is 0 Å². The third kappa shape index (κ3) is 2.04. The minimum Gasteiger partial charge on any atom is -0.206 e. The van der Waals surface area contributed by atoms with Crippen molar-refractivity contribution in [3.63, 3.8) is 0 Å². The molecule has 0 saturated carbocycles. The van der Waals surface area contributed by atoms with Gasteiger partial charge in [0.25, 0.3) is 5.92 Å². The zero-order chi connectivity index (χ0) is 11.3. The van der Waals surface area contributed by atoms with Gasteiger partial charge in [-0.05, 0) is 22.1 Å². The van der Waals surface area contributed by atoms with Crippen LogP contribution in [0.3, 0.4) is 0 Å². The lowest BCUT2D eigenvalue weighted by atomic mass is 9.85. The summed E-state index contributed by atoms with van der Waals surface area (Å²) in [6, 6.07) is 5.77. The summed E-state index contributed by atoms with van der Waals surface area (Å²) >= 11 is 0. The van der Waals surface area contributed by atoms with Gasteiger partial charge >= 0.3 is 0 Å². The quantitative estimate of drug-likeness (QED) is 0.612. The van der Waals surface area contributed by atoms with Crippen LogP contribution >= 0.6 is 0 Å². The molecule has 0 spiro atoms. The van der Waals surface area contributed by atoms with Crippen molar-refractivity contribution in [1.82, 2.24) is 0 Å². The van der Waals surface area contributed by atoms with E-state index in [1.807, 2.05) is 18.2 Å². The molecule has 1 aliphatic rings. The first-order chi connectivity index (χ1) is 6.78. The fraction of sp³-hybridized carbons (Fsp3) is 0.538. The molecule has 0 nitrogen and oxygen atoms in total. The molecule has 0 heterocycles. The highest BCUT2D eigenvalue weighted by molar-refractivity contribution is 5.39. The van der Waals surface area contributed by atoms with Crippen LogP contribution in [0.1, 0.15) is 37.5 Å². The third-order valence-corrected chi connectivity index (χ3v) is 2.97. The monoisotopic (exact) mass is 210 g/mol. The molecule has 0 amide bonds. The maximum atomic E-state index is 13.2. The highest BCUT2D eigenvalue weighted by Gasteiger charge is 2.37.